The number of benzene rings is 1. The minimum absolute atomic E-state index is 0.0357. The Morgan fingerprint density at radius 3 is 2.75 bits per heavy atom. The van der Waals surface area contributed by atoms with Crippen LogP contribution in [0.15, 0.2) is 40.8 Å². The van der Waals surface area contributed by atoms with Gasteiger partial charge in [-0.2, -0.15) is 18.4 Å². The molecule has 0 aliphatic heterocycles. The second-order valence-electron chi connectivity index (χ2n) is 5.00. The van der Waals surface area contributed by atoms with Crippen LogP contribution in [0.4, 0.5) is 13.2 Å². The highest BCUT2D eigenvalue weighted by Gasteiger charge is 2.30. The van der Waals surface area contributed by atoms with Crippen LogP contribution in [0.1, 0.15) is 17.1 Å². The third-order valence-corrected chi connectivity index (χ3v) is 3.05. The maximum Gasteiger partial charge on any atom is 0.416 e. The number of hydrogen-bond donors (Lipinski definition) is 2. The van der Waals surface area contributed by atoms with Gasteiger partial charge in [0.1, 0.15) is 30.3 Å². The second-order valence-corrected chi connectivity index (χ2v) is 5.00. The van der Waals surface area contributed by atoms with Crippen LogP contribution in [0.5, 0.6) is 5.75 Å². The van der Waals surface area contributed by atoms with Crippen LogP contribution in [0.3, 0.4) is 0 Å². The zero-order chi connectivity index (χ0) is 17.6. The van der Waals surface area contributed by atoms with Crippen molar-refractivity contribution in [2.75, 3.05) is 13.2 Å². The van der Waals surface area contributed by atoms with Crippen molar-refractivity contribution in [1.82, 2.24) is 5.32 Å². The SMILES string of the molecule is N#Cc1ccc(CNCC(O)COc2cccc(C(F)(F)F)c2)o1. The van der Waals surface area contributed by atoms with E-state index in [-0.39, 0.29) is 24.7 Å². The first kappa shape index (κ1) is 17.8. The molecule has 24 heavy (non-hydrogen) atoms. The Balaban J connectivity index is 1.75. The van der Waals surface area contributed by atoms with Gasteiger partial charge in [-0.3, -0.25) is 0 Å². The van der Waals surface area contributed by atoms with Crippen molar-refractivity contribution in [1.29, 1.82) is 5.26 Å². The number of halogens is 3. The van der Waals surface area contributed by atoms with Crippen LogP contribution in [-0.4, -0.2) is 24.4 Å². The summed E-state index contributed by atoms with van der Waals surface area (Å²) in [5, 5.41) is 21.3. The van der Waals surface area contributed by atoms with E-state index in [1.807, 2.05) is 6.07 Å². The summed E-state index contributed by atoms with van der Waals surface area (Å²) in [7, 11) is 0. The molecule has 2 N–H and O–H groups in total. The summed E-state index contributed by atoms with van der Waals surface area (Å²) >= 11 is 0. The molecule has 128 valence electrons. The van der Waals surface area contributed by atoms with Gasteiger partial charge in [0.05, 0.1) is 12.1 Å². The van der Waals surface area contributed by atoms with E-state index in [4.69, 9.17) is 14.4 Å². The average Bonchev–Trinajstić information content (AvgIpc) is 3.00. The predicted octanol–water partition coefficient (Wildman–Crippen LogP) is 2.70. The molecule has 1 aromatic heterocycles. The Kier molecular flexibility index (Phi) is 5.84. The van der Waals surface area contributed by atoms with Crippen molar-refractivity contribution in [2.45, 2.75) is 18.8 Å². The highest BCUT2D eigenvalue weighted by atomic mass is 19.4. The minimum atomic E-state index is -4.44. The third kappa shape index (κ3) is 5.30. The summed E-state index contributed by atoms with van der Waals surface area (Å²) in [5.41, 5.74) is -0.807. The predicted molar refractivity (Wildman–Crippen MR) is 78.1 cm³/mol. The molecule has 0 bridgehead atoms. The third-order valence-electron chi connectivity index (χ3n) is 3.05. The quantitative estimate of drug-likeness (QED) is 0.810. The molecule has 5 nitrogen and oxygen atoms in total. The standard InChI is InChI=1S/C16H15F3N2O3/c17-16(18,19)11-2-1-3-13(6-11)23-10-12(22)8-21-9-15-5-4-14(7-20)24-15/h1-6,12,21-22H,8-10H2. The van der Waals surface area contributed by atoms with Gasteiger partial charge in [0, 0.05) is 6.54 Å². The van der Waals surface area contributed by atoms with Crippen LogP contribution in [-0.2, 0) is 12.7 Å². The lowest BCUT2D eigenvalue weighted by Gasteiger charge is -2.14. The zero-order valence-corrected chi connectivity index (χ0v) is 12.5. The highest BCUT2D eigenvalue weighted by Crippen LogP contribution is 2.31. The Labute approximate surface area is 136 Å². The van der Waals surface area contributed by atoms with Crippen LogP contribution in [0.2, 0.25) is 0 Å². The van der Waals surface area contributed by atoms with Crippen molar-refractivity contribution >= 4 is 0 Å². The molecular formula is C16H15F3N2O3. The van der Waals surface area contributed by atoms with Gasteiger partial charge in [-0.15, -0.1) is 0 Å². The monoisotopic (exact) mass is 340 g/mol. The number of ether oxygens (including phenoxy) is 1. The van der Waals surface area contributed by atoms with E-state index < -0.39 is 17.8 Å². The number of aliphatic hydroxyl groups is 1. The number of alkyl halides is 3. The Morgan fingerprint density at radius 2 is 2.08 bits per heavy atom. The van der Waals surface area contributed by atoms with E-state index in [1.165, 1.54) is 18.2 Å². The first-order chi connectivity index (χ1) is 11.4. The maximum absolute atomic E-state index is 12.6. The molecule has 0 saturated heterocycles. The smallest absolute Gasteiger partial charge is 0.416 e. The number of rotatable bonds is 7. The molecule has 1 atom stereocenters. The van der Waals surface area contributed by atoms with E-state index in [9.17, 15) is 18.3 Å². The lowest BCUT2D eigenvalue weighted by molar-refractivity contribution is -0.137. The fraction of sp³-hybridized carbons (Fsp3) is 0.312. The second kappa shape index (κ2) is 7.86. The van der Waals surface area contributed by atoms with Gasteiger partial charge in [0.25, 0.3) is 0 Å². The van der Waals surface area contributed by atoms with Crippen LogP contribution >= 0.6 is 0 Å². The van der Waals surface area contributed by atoms with E-state index >= 15 is 0 Å². The van der Waals surface area contributed by atoms with Gasteiger partial charge in [0.15, 0.2) is 0 Å². The zero-order valence-electron chi connectivity index (χ0n) is 12.5. The number of furan rings is 1. The van der Waals surface area contributed by atoms with Gasteiger partial charge in [0.2, 0.25) is 5.76 Å². The molecule has 2 rings (SSSR count). The topological polar surface area (TPSA) is 78.4 Å². The average molecular weight is 340 g/mol. The number of nitrogens with one attached hydrogen (secondary N) is 1. The molecule has 0 aliphatic rings. The van der Waals surface area contributed by atoms with Crippen molar-refractivity contribution in [3.63, 3.8) is 0 Å². The molecule has 0 saturated carbocycles. The number of nitriles is 1. The maximum atomic E-state index is 12.6. The van der Waals surface area contributed by atoms with E-state index in [2.05, 4.69) is 5.32 Å². The molecule has 0 radical (unpaired) electrons. The Hall–Kier alpha value is -2.50. The van der Waals surface area contributed by atoms with Crippen LogP contribution in [0.25, 0.3) is 0 Å². The number of hydrogen-bond acceptors (Lipinski definition) is 5. The highest BCUT2D eigenvalue weighted by molar-refractivity contribution is 5.30. The summed E-state index contributed by atoms with van der Waals surface area (Å²) in [5.74, 6) is 0.770. The Bertz CT molecular complexity index is 707. The molecule has 1 heterocycles. The summed E-state index contributed by atoms with van der Waals surface area (Å²) < 4.78 is 48.1. The van der Waals surface area contributed by atoms with Crippen LogP contribution in [0, 0.1) is 11.3 Å². The van der Waals surface area contributed by atoms with Crippen LogP contribution < -0.4 is 10.1 Å². The van der Waals surface area contributed by atoms with Gasteiger partial charge in [-0.05, 0) is 30.3 Å². The summed E-state index contributed by atoms with van der Waals surface area (Å²) in [4.78, 5) is 0. The molecular weight excluding hydrogens is 325 g/mol. The van der Waals surface area contributed by atoms with E-state index in [1.54, 1.807) is 6.07 Å². The summed E-state index contributed by atoms with van der Waals surface area (Å²) in [6.45, 7) is 0.305. The first-order valence-corrected chi connectivity index (χ1v) is 7.06. The largest absolute Gasteiger partial charge is 0.491 e. The molecule has 0 amide bonds. The normalized spacial score (nSPS) is 12.6. The molecule has 0 fully saturated rings. The molecule has 0 spiro atoms. The van der Waals surface area contributed by atoms with E-state index in [0.29, 0.717) is 12.3 Å². The Morgan fingerprint density at radius 1 is 1.29 bits per heavy atom. The van der Waals surface area contributed by atoms with Gasteiger partial charge < -0.3 is 19.6 Å². The first-order valence-electron chi connectivity index (χ1n) is 7.06. The van der Waals surface area contributed by atoms with Gasteiger partial charge >= 0.3 is 6.18 Å². The van der Waals surface area contributed by atoms with Crippen molar-refractivity contribution in [2.24, 2.45) is 0 Å². The number of nitrogens with zero attached hydrogens (tertiary/aromatic N) is 1. The fourth-order valence-corrected chi connectivity index (χ4v) is 1.91. The molecule has 0 aliphatic carbocycles. The lowest BCUT2D eigenvalue weighted by atomic mass is 10.2. The van der Waals surface area contributed by atoms with E-state index in [0.717, 1.165) is 12.1 Å². The minimum Gasteiger partial charge on any atom is -0.491 e. The molecule has 8 heteroatoms. The van der Waals surface area contributed by atoms with Crippen molar-refractivity contribution in [3.05, 3.63) is 53.5 Å². The fourth-order valence-electron chi connectivity index (χ4n) is 1.91. The molecule has 1 unspecified atom stereocenters. The van der Waals surface area contributed by atoms with Gasteiger partial charge in [-0.25, -0.2) is 0 Å². The summed E-state index contributed by atoms with van der Waals surface area (Å²) in [6, 6.07) is 9.49. The van der Waals surface area contributed by atoms with Gasteiger partial charge in [-0.1, -0.05) is 6.07 Å². The summed E-state index contributed by atoms with van der Waals surface area (Å²) in [6.07, 6.45) is -5.35. The molecule has 1 aromatic carbocycles. The lowest BCUT2D eigenvalue weighted by Crippen LogP contribution is -2.31. The van der Waals surface area contributed by atoms with Crippen molar-refractivity contribution < 1.29 is 27.4 Å². The number of aliphatic hydroxyl groups excluding tert-OH is 1. The molecule has 2 aromatic rings. The van der Waals surface area contributed by atoms with Crippen molar-refractivity contribution in [3.8, 4) is 11.8 Å².